The zero-order valence-corrected chi connectivity index (χ0v) is 15.1. The number of thioether (sulfide) groups is 1. The van der Waals surface area contributed by atoms with Crippen LogP contribution in [-0.2, 0) is 4.79 Å². The van der Waals surface area contributed by atoms with Crippen LogP contribution in [0.4, 0.5) is 5.69 Å². The van der Waals surface area contributed by atoms with Gasteiger partial charge < -0.3 is 15.3 Å². The van der Waals surface area contributed by atoms with E-state index in [1.165, 1.54) is 16.7 Å². The van der Waals surface area contributed by atoms with E-state index in [4.69, 9.17) is 0 Å². The minimum atomic E-state index is -0.588. The van der Waals surface area contributed by atoms with Crippen LogP contribution in [0.5, 0.6) is 0 Å². The van der Waals surface area contributed by atoms with Crippen LogP contribution >= 0.6 is 11.8 Å². The van der Waals surface area contributed by atoms with Crippen molar-refractivity contribution in [1.29, 1.82) is 0 Å². The van der Waals surface area contributed by atoms with Gasteiger partial charge in [-0.1, -0.05) is 30.3 Å². The van der Waals surface area contributed by atoms with E-state index in [0.29, 0.717) is 17.0 Å². The van der Waals surface area contributed by atoms with Crippen molar-refractivity contribution in [3.63, 3.8) is 0 Å². The van der Waals surface area contributed by atoms with Gasteiger partial charge in [-0.05, 0) is 29.8 Å². The van der Waals surface area contributed by atoms with Crippen molar-refractivity contribution < 1.29 is 14.7 Å². The second kappa shape index (κ2) is 9.25. The number of aliphatic hydroxyl groups excluding tert-OH is 1. The standard InChI is InChI=1S/C19H22N2O3S/c1-21(2)19(24)15-8-10-16(11-9-15)20-18(23)13-25-12-17(22)14-6-4-3-5-7-14/h3-11,17,22H,12-13H2,1-2H3,(H,20,23)/t17-/m1/s1. The van der Waals surface area contributed by atoms with E-state index in [2.05, 4.69) is 5.32 Å². The van der Waals surface area contributed by atoms with Gasteiger partial charge in [0.2, 0.25) is 5.91 Å². The summed E-state index contributed by atoms with van der Waals surface area (Å²) in [5, 5.41) is 12.8. The van der Waals surface area contributed by atoms with E-state index in [-0.39, 0.29) is 17.6 Å². The van der Waals surface area contributed by atoms with Gasteiger partial charge in [0.05, 0.1) is 11.9 Å². The molecule has 0 bridgehead atoms. The third kappa shape index (κ3) is 5.92. The summed E-state index contributed by atoms with van der Waals surface area (Å²) in [5.41, 5.74) is 2.06. The zero-order chi connectivity index (χ0) is 18.2. The molecule has 2 N–H and O–H groups in total. The van der Waals surface area contributed by atoms with Gasteiger partial charge in [0.15, 0.2) is 0 Å². The fraction of sp³-hybridized carbons (Fsp3) is 0.263. The lowest BCUT2D eigenvalue weighted by Crippen LogP contribution is -2.21. The van der Waals surface area contributed by atoms with Crippen molar-refractivity contribution in [1.82, 2.24) is 4.90 Å². The Kier molecular flexibility index (Phi) is 7.03. The van der Waals surface area contributed by atoms with Gasteiger partial charge in [0, 0.05) is 31.1 Å². The normalized spacial score (nSPS) is 11.6. The minimum Gasteiger partial charge on any atom is -0.388 e. The molecule has 0 heterocycles. The summed E-state index contributed by atoms with van der Waals surface area (Å²) in [4.78, 5) is 25.3. The Morgan fingerprint density at radius 2 is 1.72 bits per heavy atom. The Bertz CT molecular complexity index is 702. The first-order valence-corrected chi connectivity index (χ1v) is 9.05. The van der Waals surface area contributed by atoms with Crippen molar-refractivity contribution in [3.05, 3.63) is 65.7 Å². The molecular formula is C19H22N2O3S. The molecule has 0 unspecified atom stereocenters. The van der Waals surface area contributed by atoms with Crippen molar-refractivity contribution in [2.45, 2.75) is 6.10 Å². The molecule has 2 amide bonds. The van der Waals surface area contributed by atoms with Gasteiger partial charge in [0.25, 0.3) is 5.91 Å². The maximum Gasteiger partial charge on any atom is 0.253 e. The highest BCUT2D eigenvalue weighted by molar-refractivity contribution is 7.99. The lowest BCUT2D eigenvalue weighted by Gasteiger charge is -2.12. The smallest absolute Gasteiger partial charge is 0.253 e. The van der Waals surface area contributed by atoms with E-state index in [1.807, 2.05) is 30.3 Å². The van der Waals surface area contributed by atoms with Gasteiger partial charge in [-0.3, -0.25) is 9.59 Å². The van der Waals surface area contributed by atoms with Crippen molar-refractivity contribution in [2.75, 3.05) is 30.9 Å². The zero-order valence-electron chi connectivity index (χ0n) is 14.3. The SMILES string of the molecule is CN(C)C(=O)c1ccc(NC(=O)CSC[C@@H](O)c2ccccc2)cc1. The van der Waals surface area contributed by atoms with E-state index in [1.54, 1.807) is 38.4 Å². The summed E-state index contributed by atoms with van der Waals surface area (Å²) in [6.07, 6.45) is -0.588. The Morgan fingerprint density at radius 3 is 2.32 bits per heavy atom. The Labute approximate surface area is 152 Å². The largest absolute Gasteiger partial charge is 0.388 e. The molecule has 0 aliphatic carbocycles. The number of carbonyl (C=O) groups excluding carboxylic acids is 2. The van der Waals surface area contributed by atoms with Gasteiger partial charge in [0.1, 0.15) is 0 Å². The van der Waals surface area contributed by atoms with Crippen LogP contribution in [0.25, 0.3) is 0 Å². The van der Waals surface area contributed by atoms with Crippen LogP contribution < -0.4 is 5.32 Å². The van der Waals surface area contributed by atoms with E-state index >= 15 is 0 Å². The molecular weight excluding hydrogens is 336 g/mol. The lowest BCUT2D eigenvalue weighted by molar-refractivity contribution is -0.113. The molecule has 0 fully saturated rings. The van der Waals surface area contributed by atoms with Crippen molar-refractivity contribution in [3.8, 4) is 0 Å². The summed E-state index contributed by atoms with van der Waals surface area (Å²) in [6.45, 7) is 0. The average molecular weight is 358 g/mol. The van der Waals surface area contributed by atoms with Crippen LogP contribution in [0.3, 0.4) is 0 Å². The highest BCUT2D eigenvalue weighted by atomic mass is 32.2. The summed E-state index contributed by atoms with van der Waals surface area (Å²) in [5.74, 6) is 0.482. The highest BCUT2D eigenvalue weighted by Crippen LogP contribution is 2.18. The number of nitrogens with zero attached hydrogens (tertiary/aromatic N) is 1. The molecule has 0 radical (unpaired) electrons. The Morgan fingerprint density at radius 1 is 1.08 bits per heavy atom. The average Bonchev–Trinajstić information content (AvgIpc) is 2.62. The van der Waals surface area contributed by atoms with Crippen LogP contribution in [-0.4, -0.2) is 47.4 Å². The molecule has 0 aliphatic rings. The summed E-state index contributed by atoms with van der Waals surface area (Å²) < 4.78 is 0. The third-order valence-electron chi connectivity index (χ3n) is 3.52. The Hall–Kier alpha value is -2.31. The molecule has 0 aromatic heterocycles. The van der Waals surface area contributed by atoms with Gasteiger partial charge >= 0.3 is 0 Å². The molecule has 0 saturated heterocycles. The lowest BCUT2D eigenvalue weighted by atomic mass is 10.1. The Balaban J connectivity index is 1.77. The number of anilines is 1. The molecule has 25 heavy (non-hydrogen) atoms. The van der Waals surface area contributed by atoms with Gasteiger partial charge in [-0.25, -0.2) is 0 Å². The predicted molar refractivity (Wildman–Crippen MR) is 102 cm³/mol. The molecule has 2 aromatic carbocycles. The van der Waals surface area contributed by atoms with Crippen LogP contribution in [0.2, 0.25) is 0 Å². The molecule has 2 aromatic rings. The number of nitrogens with one attached hydrogen (secondary N) is 1. The number of carbonyl (C=O) groups is 2. The van der Waals surface area contributed by atoms with E-state index in [9.17, 15) is 14.7 Å². The molecule has 1 atom stereocenters. The predicted octanol–water partition coefficient (Wildman–Crippen LogP) is 2.79. The molecule has 6 heteroatoms. The maximum absolute atomic E-state index is 12.0. The second-order valence-corrected chi connectivity index (χ2v) is 6.80. The maximum atomic E-state index is 12.0. The topological polar surface area (TPSA) is 69.6 Å². The summed E-state index contributed by atoms with van der Waals surface area (Å²) >= 11 is 1.37. The third-order valence-corrected chi connectivity index (χ3v) is 4.53. The number of hydrogen-bond acceptors (Lipinski definition) is 4. The minimum absolute atomic E-state index is 0.0802. The number of hydrogen-bond donors (Lipinski definition) is 2. The quantitative estimate of drug-likeness (QED) is 0.798. The second-order valence-electron chi connectivity index (χ2n) is 5.77. The van der Waals surface area contributed by atoms with Gasteiger partial charge in [-0.2, -0.15) is 0 Å². The highest BCUT2D eigenvalue weighted by Gasteiger charge is 2.10. The number of benzene rings is 2. The molecule has 0 saturated carbocycles. The number of rotatable bonds is 7. The molecule has 0 aliphatic heterocycles. The molecule has 2 rings (SSSR count). The van der Waals surface area contributed by atoms with E-state index in [0.717, 1.165) is 5.56 Å². The summed E-state index contributed by atoms with van der Waals surface area (Å²) in [6, 6.07) is 16.2. The number of aliphatic hydroxyl groups is 1. The molecule has 5 nitrogen and oxygen atoms in total. The van der Waals surface area contributed by atoms with Crippen LogP contribution in [0.1, 0.15) is 22.0 Å². The number of amides is 2. The first-order chi connectivity index (χ1) is 12.0. The van der Waals surface area contributed by atoms with Gasteiger partial charge in [-0.15, -0.1) is 11.8 Å². The summed E-state index contributed by atoms with van der Waals surface area (Å²) in [7, 11) is 3.39. The molecule has 0 spiro atoms. The fourth-order valence-corrected chi connectivity index (χ4v) is 2.98. The first-order valence-electron chi connectivity index (χ1n) is 7.89. The van der Waals surface area contributed by atoms with Crippen molar-refractivity contribution in [2.24, 2.45) is 0 Å². The van der Waals surface area contributed by atoms with Crippen molar-refractivity contribution >= 4 is 29.3 Å². The van der Waals surface area contributed by atoms with E-state index < -0.39 is 6.10 Å². The van der Waals surface area contributed by atoms with Crippen LogP contribution in [0, 0.1) is 0 Å². The first kappa shape index (κ1) is 19.0. The fourth-order valence-electron chi connectivity index (χ4n) is 2.19. The van der Waals surface area contributed by atoms with Crippen LogP contribution in [0.15, 0.2) is 54.6 Å². The molecule has 132 valence electrons. The monoisotopic (exact) mass is 358 g/mol.